The SMILES string of the molecule is CC(C)(C)C1CCC(C(=O)Nc2ccccc2CN)CC1. The van der Waals surface area contributed by atoms with Crippen LogP contribution in [0.25, 0.3) is 0 Å². The minimum atomic E-state index is 0.148. The Balaban J connectivity index is 1.94. The van der Waals surface area contributed by atoms with Crippen molar-refractivity contribution in [3.05, 3.63) is 29.8 Å². The molecule has 3 nitrogen and oxygen atoms in total. The van der Waals surface area contributed by atoms with Crippen LogP contribution >= 0.6 is 0 Å². The summed E-state index contributed by atoms with van der Waals surface area (Å²) in [5, 5.41) is 3.07. The highest BCUT2D eigenvalue weighted by Crippen LogP contribution is 2.40. The molecule has 0 atom stereocenters. The summed E-state index contributed by atoms with van der Waals surface area (Å²) >= 11 is 0. The number of amides is 1. The van der Waals surface area contributed by atoms with Crippen molar-refractivity contribution in [1.29, 1.82) is 0 Å². The van der Waals surface area contributed by atoms with Gasteiger partial charge < -0.3 is 11.1 Å². The number of nitrogens with one attached hydrogen (secondary N) is 1. The maximum Gasteiger partial charge on any atom is 0.227 e. The smallest absolute Gasteiger partial charge is 0.227 e. The molecule has 1 aromatic carbocycles. The fourth-order valence-corrected chi connectivity index (χ4v) is 3.28. The molecule has 2 rings (SSSR count). The Morgan fingerprint density at radius 1 is 1.19 bits per heavy atom. The Bertz CT molecular complexity index is 482. The number of carbonyl (C=O) groups excluding carboxylic acids is 1. The summed E-state index contributed by atoms with van der Waals surface area (Å²) in [6.07, 6.45) is 4.30. The monoisotopic (exact) mass is 288 g/mol. The normalized spacial score (nSPS) is 22.9. The van der Waals surface area contributed by atoms with Crippen LogP contribution in [0.2, 0.25) is 0 Å². The maximum atomic E-state index is 12.4. The minimum absolute atomic E-state index is 0.148. The van der Waals surface area contributed by atoms with Gasteiger partial charge in [-0.1, -0.05) is 39.0 Å². The molecule has 0 saturated heterocycles. The van der Waals surface area contributed by atoms with Crippen molar-refractivity contribution in [1.82, 2.24) is 0 Å². The zero-order chi connectivity index (χ0) is 15.5. The van der Waals surface area contributed by atoms with E-state index in [0.29, 0.717) is 12.0 Å². The van der Waals surface area contributed by atoms with E-state index in [0.717, 1.165) is 42.9 Å². The van der Waals surface area contributed by atoms with Crippen molar-refractivity contribution < 1.29 is 4.79 Å². The number of para-hydroxylation sites is 1. The first kappa shape index (κ1) is 16.0. The second kappa shape index (κ2) is 6.61. The molecule has 0 heterocycles. The predicted octanol–water partition coefficient (Wildman–Crippen LogP) is 3.94. The van der Waals surface area contributed by atoms with Crippen molar-refractivity contribution in [2.75, 3.05) is 5.32 Å². The van der Waals surface area contributed by atoms with Gasteiger partial charge in [-0.25, -0.2) is 0 Å². The lowest BCUT2D eigenvalue weighted by Crippen LogP contribution is -2.31. The van der Waals surface area contributed by atoms with Crippen LogP contribution in [0, 0.1) is 17.3 Å². The van der Waals surface area contributed by atoms with E-state index in [-0.39, 0.29) is 11.8 Å². The molecule has 1 aliphatic carbocycles. The van der Waals surface area contributed by atoms with Crippen molar-refractivity contribution in [2.45, 2.75) is 53.0 Å². The van der Waals surface area contributed by atoms with E-state index in [9.17, 15) is 4.79 Å². The maximum absolute atomic E-state index is 12.4. The first-order chi connectivity index (χ1) is 9.91. The lowest BCUT2D eigenvalue weighted by atomic mass is 9.69. The average molecular weight is 288 g/mol. The van der Waals surface area contributed by atoms with E-state index in [1.165, 1.54) is 0 Å². The molecule has 1 fully saturated rings. The second-order valence-electron chi connectivity index (χ2n) is 7.27. The van der Waals surface area contributed by atoms with Gasteiger partial charge in [0.15, 0.2) is 0 Å². The standard InChI is InChI=1S/C18H28N2O/c1-18(2,3)15-10-8-13(9-11-15)17(21)20-16-7-5-4-6-14(16)12-19/h4-7,13,15H,8-12,19H2,1-3H3,(H,20,21). The summed E-state index contributed by atoms with van der Waals surface area (Å²) in [5.41, 5.74) is 7.93. The summed E-state index contributed by atoms with van der Waals surface area (Å²) in [6.45, 7) is 7.36. The third-order valence-corrected chi connectivity index (χ3v) is 4.82. The number of hydrogen-bond acceptors (Lipinski definition) is 2. The molecule has 3 heteroatoms. The highest BCUT2D eigenvalue weighted by molar-refractivity contribution is 5.93. The highest BCUT2D eigenvalue weighted by Gasteiger charge is 2.32. The van der Waals surface area contributed by atoms with E-state index in [1.807, 2.05) is 24.3 Å². The van der Waals surface area contributed by atoms with E-state index in [2.05, 4.69) is 26.1 Å². The molecule has 0 bridgehead atoms. The largest absolute Gasteiger partial charge is 0.326 e. The molecule has 21 heavy (non-hydrogen) atoms. The van der Waals surface area contributed by atoms with Gasteiger partial charge in [-0.15, -0.1) is 0 Å². The van der Waals surface area contributed by atoms with Gasteiger partial charge in [-0.2, -0.15) is 0 Å². The molecule has 1 amide bonds. The quantitative estimate of drug-likeness (QED) is 0.885. The zero-order valence-electron chi connectivity index (χ0n) is 13.5. The molecular formula is C18H28N2O. The fourth-order valence-electron chi connectivity index (χ4n) is 3.28. The summed E-state index contributed by atoms with van der Waals surface area (Å²) in [7, 11) is 0. The van der Waals surface area contributed by atoms with E-state index in [4.69, 9.17) is 5.73 Å². The van der Waals surface area contributed by atoms with Gasteiger partial charge in [0.1, 0.15) is 0 Å². The second-order valence-corrected chi connectivity index (χ2v) is 7.27. The molecule has 0 spiro atoms. The number of nitrogens with two attached hydrogens (primary N) is 1. The summed E-state index contributed by atoms with van der Waals surface area (Å²) in [6, 6.07) is 7.78. The van der Waals surface area contributed by atoms with Gasteiger partial charge in [0, 0.05) is 18.2 Å². The Hall–Kier alpha value is -1.35. The number of anilines is 1. The molecule has 1 aromatic rings. The third kappa shape index (κ3) is 4.07. The summed E-state index contributed by atoms with van der Waals surface area (Å²) in [4.78, 5) is 12.4. The van der Waals surface area contributed by atoms with Crippen LogP contribution in [-0.2, 0) is 11.3 Å². The average Bonchev–Trinajstić information content (AvgIpc) is 2.47. The minimum Gasteiger partial charge on any atom is -0.326 e. The van der Waals surface area contributed by atoms with E-state index < -0.39 is 0 Å². The van der Waals surface area contributed by atoms with E-state index in [1.54, 1.807) is 0 Å². The first-order valence-electron chi connectivity index (χ1n) is 8.00. The van der Waals surface area contributed by atoms with Crippen molar-refractivity contribution in [3.8, 4) is 0 Å². The predicted molar refractivity (Wildman–Crippen MR) is 87.9 cm³/mol. The number of hydrogen-bond donors (Lipinski definition) is 2. The Morgan fingerprint density at radius 3 is 2.38 bits per heavy atom. The number of benzene rings is 1. The van der Waals surface area contributed by atoms with Crippen molar-refractivity contribution >= 4 is 11.6 Å². The van der Waals surface area contributed by atoms with Gasteiger partial charge in [-0.3, -0.25) is 4.79 Å². The lowest BCUT2D eigenvalue weighted by molar-refractivity contribution is -0.121. The zero-order valence-corrected chi connectivity index (χ0v) is 13.5. The van der Waals surface area contributed by atoms with E-state index >= 15 is 0 Å². The molecule has 0 aromatic heterocycles. The number of rotatable bonds is 3. The van der Waals surface area contributed by atoms with Gasteiger partial charge in [0.05, 0.1) is 0 Å². The van der Waals surface area contributed by atoms with Crippen molar-refractivity contribution in [2.24, 2.45) is 23.0 Å². The summed E-state index contributed by atoms with van der Waals surface area (Å²) in [5.74, 6) is 1.04. The van der Waals surface area contributed by atoms with Gasteiger partial charge in [-0.05, 0) is 48.6 Å². The summed E-state index contributed by atoms with van der Waals surface area (Å²) < 4.78 is 0. The Morgan fingerprint density at radius 2 is 1.81 bits per heavy atom. The van der Waals surface area contributed by atoms with Crippen molar-refractivity contribution in [3.63, 3.8) is 0 Å². The van der Waals surface area contributed by atoms with Crippen LogP contribution < -0.4 is 11.1 Å². The number of carbonyl (C=O) groups is 1. The van der Waals surface area contributed by atoms with Crippen LogP contribution in [0.1, 0.15) is 52.0 Å². The molecule has 0 radical (unpaired) electrons. The topological polar surface area (TPSA) is 55.1 Å². The molecule has 116 valence electrons. The molecule has 0 aliphatic heterocycles. The van der Waals surface area contributed by atoms with Crippen LogP contribution in [-0.4, -0.2) is 5.91 Å². The van der Waals surface area contributed by atoms with Crippen LogP contribution in [0.3, 0.4) is 0 Å². The van der Waals surface area contributed by atoms with Crippen LogP contribution in [0.4, 0.5) is 5.69 Å². The van der Waals surface area contributed by atoms with Gasteiger partial charge >= 0.3 is 0 Å². The third-order valence-electron chi connectivity index (χ3n) is 4.82. The molecular weight excluding hydrogens is 260 g/mol. The van der Waals surface area contributed by atoms with Crippen LogP contribution in [0.5, 0.6) is 0 Å². The lowest BCUT2D eigenvalue weighted by Gasteiger charge is -2.36. The molecule has 3 N–H and O–H groups in total. The first-order valence-corrected chi connectivity index (χ1v) is 8.00. The Labute approximate surface area is 128 Å². The highest BCUT2D eigenvalue weighted by atomic mass is 16.1. The molecule has 1 aliphatic rings. The fraction of sp³-hybridized carbons (Fsp3) is 0.611. The van der Waals surface area contributed by atoms with Gasteiger partial charge in [0.2, 0.25) is 5.91 Å². The Kier molecular flexibility index (Phi) is 5.04. The van der Waals surface area contributed by atoms with Crippen LogP contribution in [0.15, 0.2) is 24.3 Å². The van der Waals surface area contributed by atoms with Gasteiger partial charge in [0.25, 0.3) is 0 Å². The molecule has 1 saturated carbocycles. The molecule has 0 unspecified atom stereocenters.